The topological polar surface area (TPSA) is 54.5 Å². The standard InChI is InChI=1S/C18H21NO3S2/c1-14(13-23-15(2)20)19(3)24(21,22)18-11-9-17(10-12-18)16-7-5-4-6-8-16/h4-12,14H,13H2,1-3H3/t14-/m0/s1. The summed E-state index contributed by atoms with van der Waals surface area (Å²) in [5.74, 6) is 0.438. The largest absolute Gasteiger partial charge is 0.288 e. The zero-order valence-electron chi connectivity index (χ0n) is 14.0. The zero-order valence-corrected chi connectivity index (χ0v) is 15.6. The first-order valence-electron chi connectivity index (χ1n) is 7.59. The van der Waals surface area contributed by atoms with Crippen molar-refractivity contribution in [2.75, 3.05) is 12.8 Å². The molecule has 0 amide bonds. The van der Waals surface area contributed by atoms with Crippen LogP contribution in [0.5, 0.6) is 0 Å². The number of rotatable bonds is 6. The quantitative estimate of drug-likeness (QED) is 0.786. The van der Waals surface area contributed by atoms with Crippen molar-refractivity contribution < 1.29 is 13.2 Å². The maximum atomic E-state index is 12.7. The van der Waals surface area contributed by atoms with E-state index in [9.17, 15) is 13.2 Å². The lowest BCUT2D eigenvalue weighted by Gasteiger charge is -2.23. The van der Waals surface area contributed by atoms with Crippen LogP contribution in [0.4, 0.5) is 0 Å². The van der Waals surface area contributed by atoms with E-state index in [1.54, 1.807) is 26.1 Å². The van der Waals surface area contributed by atoms with Gasteiger partial charge in [0, 0.05) is 25.8 Å². The van der Waals surface area contributed by atoms with Gasteiger partial charge in [-0.3, -0.25) is 4.79 Å². The van der Waals surface area contributed by atoms with Gasteiger partial charge in [0.25, 0.3) is 0 Å². The van der Waals surface area contributed by atoms with Gasteiger partial charge in [0.1, 0.15) is 0 Å². The molecule has 1 atom stereocenters. The number of hydrogen-bond donors (Lipinski definition) is 0. The van der Waals surface area contributed by atoms with E-state index in [0.717, 1.165) is 22.9 Å². The van der Waals surface area contributed by atoms with E-state index in [1.165, 1.54) is 11.2 Å². The molecule has 0 aliphatic rings. The molecule has 0 radical (unpaired) electrons. The summed E-state index contributed by atoms with van der Waals surface area (Å²) < 4.78 is 26.7. The van der Waals surface area contributed by atoms with Gasteiger partial charge < -0.3 is 0 Å². The van der Waals surface area contributed by atoms with Gasteiger partial charge >= 0.3 is 0 Å². The molecule has 128 valence electrons. The van der Waals surface area contributed by atoms with E-state index in [1.807, 2.05) is 42.5 Å². The first-order valence-corrected chi connectivity index (χ1v) is 10.0. The summed E-state index contributed by atoms with van der Waals surface area (Å²) >= 11 is 1.13. The highest BCUT2D eigenvalue weighted by atomic mass is 32.2. The Morgan fingerprint density at radius 1 is 1.04 bits per heavy atom. The molecule has 0 spiro atoms. The smallest absolute Gasteiger partial charge is 0.243 e. The molecule has 0 aliphatic heterocycles. The third kappa shape index (κ3) is 4.47. The number of sulfonamides is 1. The van der Waals surface area contributed by atoms with Crippen molar-refractivity contribution in [3.05, 3.63) is 54.6 Å². The van der Waals surface area contributed by atoms with Gasteiger partial charge in [-0.25, -0.2) is 8.42 Å². The van der Waals surface area contributed by atoms with Gasteiger partial charge in [-0.05, 0) is 30.2 Å². The monoisotopic (exact) mass is 363 g/mol. The van der Waals surface area contributed by atoms with E-state index in [-0.39, 0.29) is 16.1 Å². The lowest BCUT2D eigenvalue weighted by molar-refractivity contribution is -0.109. The Bertz CT molecular complexity index is 787. The molecule has 2 aromatic rings. The fraction of sp³-hybridized carbons (Fsp3) is 0.278. The number of benzene rings is 2. The number of hydrogen-bond acceptors (Lipinski definition) is 4. The number of thioether (sulfide) groups is 1. The molecule has 24 heavy (non-hydrogen) atoms. The van der Waals surface area contributed by atoms with Gasteiger partial charge in [-0.2, -0.15) is 4.31 Å². The number of nitrogens with zero attached hydrogens (tertiary/aromatic N) is 1. The van der Waals surface area contributed by atoms with Gasteiger partial charge in [0.15, 0.2) is 5.12 Å². The van der Waals surface area contributed by atoms with Crippen LogP contribution in [0.1, 0.15) is 13.8 Å². The van der Waals surface area contributed by atoms with Crippen LogP contribution in [0.25, 0.3) is 11.1 Å². The molecule has 4 nitrogen and oxygen atoms in total. The minimum Gasteiger partial charge on any atom is -0.288 e. The van der Waals surface area contributed by atoms with Crippen LogP contribution in [0.15, 0.2) is 59.5 Å². The summed E-state index contributed by atoms with van der Waals surface area (Å²) in [5, 5.41) is -0.0140. The molecular weight excluding hydrogens is 342 g/mol. The van der Waals surface area contributed by atoms with E-state index in [2.05, 4.69) is 0 Å². The maximum Gasteiger partial charge on any atom is 0.243 e. The summed E-state index contributed by atoms with van der Waals surface area (Å²) in [5.41, 5.74) is 2.01. The maximum absolute atomic E-state index is 12.7. The van der Waals surface area contributed by atoms with Crippen LogP contribution in [0, 0.1) is 0 Å². The van der Waals surface area contributed by atoms with Crippen molar-refractivity contribution >= 4 is 26.9 Å². The first kappa shape index (κ1) is 18.7. The Balaban J connectivity index is 2.18. The van der Waals surface area contributed by atoms with Crippen LogP contribution < -0.4 is 0 Å². The summed E-state index contributed by atoms with van der Waals surface area (Å²) in [4.78, 5) is 11.3. The van der Waals surface area contributed by atoms with Crippen LogP contribution in [0.2, 0.25) is 0 Å². The second-order valence-electron chi connectivity index (χ2n) is 5.56. The molecule has 0 saturated carbocycles. The molecule has 2 aromatic carbocycles. The third-order valence-corrected chi connectivity index (χ3v) is 6.83. The second kappa shape index (κ2) is 7.96. The van der Waals surface area contributed by atoms with Crippen LogP contribution in [0.3, 0.4) is 0 Å². The van der Waals surface area contributed by atoms with Crippen molar-refractivity contribution in [2.45, 2.75) is 24.8 Å². The van der Waals surface area contributed by atoms with Gasteiger partial charge in [-0.15, -0.1) is 0 Å². The predicted molar refractivity (Wildman–Crippen MR) is 99.4 cm³/mol. The Hall–Kier alpha value is -1.63. The second-order valence-corrected chi connectivity index (χ2v) is 8.76. The highest BCUT2D eigenvalue weighted by molar-refractivity contribution is 8.13. The highest BCUT2D eigenvalue weighted by Crippen LogP contribution is 2.23. The summed E-state index contributed by atoms with van der Waals surface area (Å²) in [7, 11) is -2.03. The van der Waals surface area contributed by atoms with E-state index in [0.29, 0.717) is 5.75 Å². The average molecular weight is 364 g/mol. The number of carbonyl (C=O) groups is 1. The lowest BCUT2D eigenvalue weighted by Crippen LogP contribution is -2.36. The van der Waals surface area contributed by atoms with Crippen molar-refractivity contribution in [3.63, 3.8) is 0 Å². The molecule has 6 heteroatoms. The molecule has 0 aromatic heterocycles. The molecular formula is C18H21NO3S2. The molecule has 0 bridgehead atoms. The van der Waals surface area contributed by atoms with Crippen molar-refractivity contribution in [2.24, 2.45) is 0 Å². The number of carbonyl (C=O) groups excluding carboxylic acids is 1. The fourth-order valence-electron chi connectivity index (χ4n) is 2.20. The molecule has 0 aliphatic carbocycles. The minimum absolute atomic E-state index is 0.0140. The van der Waals surface area contributed by atoms with Crippen LogP contribution >= 0.6 is 11.8 Å². The molecule has 0 saturated heterocycles. The Kier molecular flexibility index (Phi) is 6.21. The summed E-state index contributed by atoms with van der Waals surface area (Å²) in [6.45, 7) is 3.28. The average Bonchev–Trinajstić information content (AvgIpc) is 2.59. The summed E-state index contributed by atoms with van der Waals surface area (Å²) in [6.07, 6.45) is 0. The SMILES string of the molecule is CC(=O)SC[C@H](C)N(C)S(=O)(=O)c1ccc(-c2ccccc2)cc1. The van der Waals surface area contributed by atoms with Gasteiger partial charge in [-0.1, -0.05) is 54.2 Å². The summed E-state index contributed by atoms with van der Waals surface area (Å²) in [6, 6.07) is 16.4. The van der Waals surface area contributed by atoms with Crippen molar-refractivity contribution in [1.29, 1.82) is 0 Å². The van der Waals surface area contributed by atoms with E-state index >= 15 is 0 Å². The molecule has 0 fully saturated rings. The Morgan fingerprint density at radius 2 is 1.58 bits per heavy atom. The molecule has 0 heterocycles. The minimum atomic E-state index is -3.58. The predicted octanol–water partition coefficient (Wildman–Crippen LogP) is 3.64. The van der Waals surface area contributed by atoms with E-state index in [4.69, 9.17) is 0 Å². The van der Waals surface area contributed by atoms with Crippen LogP contribution in [-0.4, -0.2) is 36.7 Å². The van der Waals surface area contributed by atoms with E-state index < -0.39 is 10.0 Å². The van der Waals surface area contributed by atoms with Gasteiger partial charge in [0.2, 0.25) is 10.0 Å². The third-order valence-electron chi connectivity index (χ3n) is 3.79. The zero-order chi connectivity index (χ0) is 17.7. The van der Waals surface area contributed by atoms with Gasteiger partial charge in [0.05, 0.1) is 4.90 Å². The normalized spacial score (nSPS) is 13.0. The Morgan fingerprint density at radius 3 is 2.12 bits per heavy atom. The van der Waals surface area contributed by atoms with Crippen LogP contribution in [-0.2, 0) is 14.8 Å². The highest BCUT2D eigenvalue weighted by Gasteiger charge is 2.25. The first-order chi connectivity index (χ1) is 11.3. The Labute approximate surface area is 147 Å². The molecule has 2 rings (SSSR count). The lowest BCUT2D eigenvalue weighted by atomic mass is 10.1. The van der Waals surface area contributed by atoms with Crippen molar-refractivity contribution in [3.8, 4) is 11.1 Å². The molecule has 0 N–H and O–H groups in total. The molecule has 0 unspecified atom stereocenters. The fourth-order valence-corrected chi connectivity index (χ4v) is 4.35. The van der Waals surface area contributed by atoms with Crippen molar-refractivity contribution in [1.82, 2.24) is 4.31 Å².